The van der Waals surface area contributed by atoms with Gasteiger partial charge < -0.3 is 16.6 Å². The minimum Gasteiger partial charge on any atom is -0.507 e. The van der Waals surface area contributed by atoms with Crippen LogP contribution in [0, 0.1) is 0 Å². The van der Waals surface area contributed by atoms with E-state index < -0.39 is 0 Å². The lowest BCUT2D eigenvalue weighted by molar-refractivity contribution is 0.461. The first kappa shape index (κ1) is 15.8. The molecule has 116 valence electrons. The third kappa shape index (κ3) is 3.55. The van der Waals surface area contributed by atoms with Crippen LogP contribution < -0.4 is 11.5 Å². The number of hydrogen-bond acceptors (Lipinski definition) is 5. The van der Waals surface area contributed by atoms with E-state index >= 15 is 0 Å². The first-order chi connectivity index (χ1) is 10.5. The van der Waals surface area contributed by atoms with Gasteiger partial charge in [-0.05, 0) is 29.5 Å². The fourth-order valence-electron chi connectivity index (χ4n) is 2.50. The Hall–Kier alpha value is -2.56. The van der Waals surface area contributed by atoms with Gasteiger partial charge in [-0.2, -0.15) is 4.98 Å². The molecule has 1 heterocycles. The molecule has 0 saturated carbocycles. The first-order valence-corrected chi connectivity index (χ1v) is 7.36. The van der Waals surface area contributed by atoms with E-state index in [9.17, 15) is 5.11 Å². The summed E-state index contributed by atoms with van der Waals surface area (Å²) in [7, 11) is 0. The number of nitrogens with two attached hydrogens (primary N) is 2. The average Bonchev–Trinajstić information content (AvgIpc) is 2.47. The van der Waals surface area contributed by atoms with Crippen molar-refractivity contribution in [2.24, 2.45) is 0 Å². The molecule has 22 heavy (non-hydrogen) atoms. The van der Waals surface area contributed by atoms with Gasteiger partial charge in [0, 0.05) is 18.2 Å². The van der Waals surface area contributed by atoms with E-state index in [1.807, 2.05) is 12.1 Å². The van der Waals surface area contributed by atoms with Gasteiger partial charge in [0.15, 0.2) is 0 Å². The minimum absolute atomic E-state index is 0.172. The summed E-state index contributed by atoms with van der Waals surface area (Å²) in [5.74, 6) is 0.931. The molecule has 0 aliphatic heterocycles. The van der Waals surface area contributed by atoms with Crippen molar-refractivity contribution < 1.29 is 5.11 Å². The molecule has 0 spiro atoms. The summed E-state index contributed by atoms with van der Waals surface area (Å²) in [5.41, 5.74) is 15.1. The quantitative estimate of drug-likeness (QED) is 0.712. The fourth-order valence-corrected chi connectivity index (χ4v) is 2.50. The van der Waals surface area contributed by atoms with Crippen LogP contribution in [0.3, 0.4) is 0 Å². The lowest BCUT2D eigenvalue weighted by Gasteiger charge is -2.12. The number of nitrogens with zero attached hydrogens (tertiary/aromatic N) is 2. The van der Waals surface area contributed by atoms with Crippen LogP contribution in [0.5, 0.6) is 5.75 Å². The highest BCUT2D eigenvalue weighted by Crippen LogP contribution is 2.28. The second-order valence-corrected chi connectivity index (χ2v) is 5.32. The molecular formula is C17H22N4O. The topological polar surface area (TPSA) is 98.0 Å². The Bertz CT molecular complexity index is 683. The molecule has 0 bridgehead atoms. The summed E-state index contributed by atoms with van der Waals surface area (Å²) in [6.07, 6.45) is 6.47. The number of aryl methyl sites for hydroxylation is 1. The largest absolute Gasteiger partial charge is 0.507 e. The van der Waals surface area contributed by atoms with Crippen LogP contribution in [0.2, 0.25) is 0 Å². The molecule has 2 aromatic rings. The highest BCUT2D eigenvalue weighted by atomic mass is 16.3. The Kier molecular flexibility index (Phi) is 4.99. The molecule has 1 aromatic heterocycles. The molecule has 0 amide bonds. The number of aromatic nitrogens is 2. The smallest absolute Gasteiger partial charge is 0.221 e. The third-order valence-electron chi connectivity index (χ3n) is 3.52. The first-order valence-electron chi connectivity index (χ1n) is 7.36. The lowest BCUT2D eigenvalue weighted by atomic mass is 9.96. The van der Waals surface area contributed by atoms with Gasteiger partial charge in [-0.25, -0.2) is 4.98 Å². The normalized spacial score (nSPS) is 10.6. The van der Waals surface area contributed by atoms with Crippen LogP contribution in [-0.2, 0) is 19.3 Å². The standard InChI is InChI=1S/C17H22N4O/c1-3-5-12-7-11(8-13(6-4-2)15(12)22)9-14-10-20-17(19)21-16(14)18/h3,7-8,10,22H,1,4-6,9H2,2H3,(H4,18,19,20,21). The van der Waals surface area contributed by atoms with E-state index in [0.717, 1.165) is 35.1 Å². The van der Waals surface area contributed by atoms with Gasteiger partial charge in [0.05, 0.1) is 0 Å². The molecule has 0 radical (unpaired) electrons. The van der Waals surface area contributed by atoms with Crippen molar-refractivity contribution in [1.29, 1.82) is 0 Å². The molecule has 2 rings (SSSR count). The Morgan fingerprint density at radius 1 is 1.23 bits per heavy atom. The van der Waals surface area contributed by atoms with E-state index in [2.05, 4.69) is 23.5 Å². The Morgan fingerprint density at radius 3 is 2.59 bits per heavy atom. The lowest BCUT2D eigenvalue weighted by Crippen LogP contribution is -2.04. The summed E-state index contributed by atoms with van der Waals surface area (Å²) in [6, 6.07) is 3.99. The zero-order valence-electron chi connectivity index (χ0n) is 12.8. The number of hydrogen-bond donors (Lipinski definition) is 3. The van der Waals surface area contributed by atoms with Crippen LogP contribution in [0.25, 0.3) is 0 Å². The van der Waals surface area contributed by atoms with Crippen molar-refractivity contribution in [3.05, 3.63) is 53.2 Å². The van der Waals surface area contributed by atoms with Gasteiger partial charge in [-0.15, -0.1) is 6.58 Å². The van der Waals surface area contributed by atoms with Crippen molar-refractivity contribution in [2.45, 2.75) is 32.6 Å². The van der Waals surface area contributed by atoms with Crippen LogP contribution in [0.4, 0.5) is 11.8 Å². The summed E-state index contributed by atoms with van der Waals surface area (Å²) < 4.78 is 0. The highest BCUT2D eigenvalue weighted by molar-refractivity contribution is 5.49. The molecule has 0 aliphatic rings. The predicted molar refractivity (Wildman–Crippen MR) is 89.7 cm³/mol. The van der Waals surface area contributed by atoms with Gasteiger partial charge in [0.2, 0.25) is 5.95 Å². The van der Waals surface area contributed by atoms with Crippen LogP contribution in [0.1, 0.15) is 35.6 Å². The number of aromatic hydroxyl groups is 1. The molecule has 0 fully saturated rings. The maximum absolute atomic E-state index is 10.3. The van der Waals surface area contributed by atoms with Crippen molar-refractivity contribution in [2.75, 3.05) is 11.5 Å². The maximum atomic E-state index is 10.3. The van der Waals surface area contributed by atoms with Gasteiger partial charge in [-0.1, -0.05) is 31.6 Å². The highest BCUT2D eigenvalue weighted by Gasteiger charge is 2.11. The third-order valence-corrected chi connectivity index (χ3v) is 3.52. The minimum atomic E-state index is 0.172. The molecule has 0 aliphatic carbocycles. The zero-order valence-corrected chi connectivity index (χ0v) is 12.8. The molecule has 5 nitrogen and oxygen atoms in total. The molecule has 0 unspecified atom stereocenters. The van der Waals surface area contributed by atoms with Crippen molar-refractivity contribution in [3.8, 4) is 5.75 Å². The van der Waals surface area contributed by atoms with E-state index in [4.69, 9.17) is 11.5 Å². The van der Waals surface area contributed by atoms with Crippen molar-refractivity contribution >= 4 is 11.8 Å². The van der Waals surface area contributed by atoms with Crippen LogP contribution in [-0.4, -0.2) is 15.1 Å². The summed E-state index contributed by atoms with van der Waals surface area (Å²) >= 11 is 0. The number of allylic oxidation sites excluding steroid dienone is 1. The summed E-state index contributed by atoms with van der Waals surface area (Å²) in [4.78, 5) is 7.98. The average molecular weight is 298 g/mol. The monoisotopic (exact) mass is 298 g/mol. The summed E-state index contributed by atoms with van der Waals surface area (Å²) in [5, 5.41) is 10.3. The summed E-state index contributed by atoms with van der Waals surface area (Å²) in [6.45, 7) is 5.83. The Balaban J connectivity index is 2.39. The number of benzene rings is 1. The SMILES string of the molecule is C=CCc1cc(Cc2cnc(N)nc2N)cc(CCC)c1O. The maximum Gasteiger partial charge on any atom is 0.221 e. The van der Waals surface area contributed by atoms with E-state index in [-0.39, 0.29) is 5.95 Å². The number of nitrogen functional groups attached to an aromatic ring is 2. The molecule has 0 atom stereocenters. The number of phenols is 1. The van der Waals surface area contributed by atoms with Gasteiger partial charge in [-0.3, -0.25) is 0 Å². The number of rotatable bonds is 6. The fraction of sp³-hybridized carbons (Fsp3) is 0.294. The molecule has 1 aromatic carbocycles. The van der Waals surface area contributed by atoms with Crippen molar-refractivity contribution in [1.82, 2.24) is 9.97 Å². The van der Waals surface area contributed by atoms with E-state index in [0.29, 0.717) is 24.4 Å². The predicted octanol–water partition coefficient (Wildman–Crippen LogP) is 2.62. The van der Waals surface area contributed by atoms with Gasteiger partial charge in [0.25, 0.3) is 0 Å². The molecule has 5 heteroatoms. The number of phenolic OH excluding ortho intramolecular Hbond substituents is 1. The Labute approximate surface area is 130 Å². The Morgan fingerprint density at radius 2 is 1.95 bits per heavy atom. The zero-order chi connectivity index (χ0) is 16.1. The molecule has 5 N–H and O–H groups in total. The molecular weight excluding hydrogens is 276 g/mol. The van der Waals surface area contributed by atoms with E-state index in [1.165, 1.54) is 0 Å². The van der Waals surface area contributed by atoms with Gasteiger partial charge >= 0.3 is 0 Å². The van der Waals surface area contributed by atoms with Crippen LogP contribution >= 0.6 is 0 Å². The van der Waals surface area contributed by atoms with Crippen LogP contribution in [0.15, 0.2) is 31.0 Å². The second kappa shape index (κ2) is 6.93. The van der Waals surface area contributed by atoms with Gasteiger partial charge in [0.1, 0.15) is 11.6 Å². The van der Waals surface area contributed by atoms with Crippen molar-refractivity contribution in [3.63, 3.8) is 0 Å². The molecule has 0 saturated heterocycles. The van der Waals surface area contributed by atoms with E-state index in [1.54, 1.807) is 12.3 Å². The second-order valence-electron chi connectivity index (χ2n) is 5.32. The number of anilines is 2.